The van der Waals surface area contributed by atoms with Crippen LogP contribution in [0.15, 0.2) is 48.5 Å². The fourth-order valence-electron chi connectivity index (χ4n) is 3.31. The van der Waals surface area contributed by atoms with Gasteiger partial charge in [0.05, 0.1) is 5.56 Å². The Balaban J connectivity index is 1.59. The summed E-state index contributed by atoms with van der Waals surface area (Å²) in [6.45, 7) is 1.94. The molecule has 5 nitrogen and oxygen atoms in total. The topological polar surface area (TPSA) is 61.4 Å². The SMILES string of the molecule is O=C(Nc1ccc(N2CCCC2)c(C(=O)NC2CC2)c1)c1ccccc1. The zero-order chi connectivity index (χ0) is 17.9. The molecule has 2 N–H and O–H groups in total. The Hall–Kier alpha value is -2.82. The highest BCUT2D eigenvalue weighted by Gasteiger charge is 2.26. The Kier molecular flexibility index (Phi) is 4.61. The molecule has 1 aliphatic heterocycles. The molecule has 134 valence electrons. The molecule has 0 bridgehead atoms. The van der Waals surface area contributed by atoms with Crippen molar-refractivity contribution in [2.75, 3.05) is 23.3 Å². The van der Waals surface area contributed by atoms with Crippen molar-refractivity contribution in [1.29, 1.82) is 0 Å². The number of amides is 2. The van der Waals surface area contributed by atoms with Crippen LogP contribution in [0.4, 0.5) is 11.4 Å². The summed E-state index contributed by atoms with van der Waals surface area (Å²) in [7, 11) is 0. The van der Waals surface area contributed by atoms with Crippen LogP contribution in [0.25, 0.3) is 0 Å². The zero-order valence-electron chi connectivity index (χ0n) is 14.7. The maximum Gasteiger partial charge on any atom is 0.255 e. The molecule has 2 fully saturated rings. The van der Waals surface area contributed by atoms with Gasteiger partial charge < -0.3 is 15.5 Å². The molecular weight excluding hydrogens is 326 g/mol. The van der Waals surface area contributed by atoms with Crippen LogP contribution in [-0.2, 0) is 0 Å². The Morgan fingerprint density at radius 2 is 1.65 bits per heavy atom. The summed E-state index contributed by atoms with van der Waals surface area (Å²) < 4.78 is 0. The Labute approximate surface area is 153 Å². The first-order valence-electron chi connectivity index (χ1n) is 9.27. The summed E-state index contributed by atoms with van der Waals surface area (Å²) in [5.74, 6) is -0.224. The van der Waals surface area contributed by atoms with Crippen molar-refractivity contribution in [2.45, 2.75) is 31.7 Å². The van der Waals surface area contributed by atoms with Gasteiger partial charge in [-0.05, 0) is 56.0 Å². The largest absolute Gasteiger partial charge is 0.371 e. The Morgan fingerprint density at radius 3 is 2.35 bits per heavy atom. The molecule has 4 rings (SSSR count). The minimum atomic E-state index is -0.173. The number of hydrogen-bond donors (Lipinski definition) is 2. The highest BCUT2D eigenvalue weighted by molar-refractivity contribution is 6.06. The van der Waals surface area contributed by atoms with E-state index in [-0.39, 0.29) is 11.8 Å². The first kappa shape index (κ1) is 16.6. The van der Waals surface area contributed by atoms with E-state index in [9.17, 15) is 9.59 Å². The number of rotatable bonds is 5. The van der Waals surface area contributed by atoms with Gasteiger partial charge >= 0.3 is 0 Å². The van der Waals surface area contributed by atoms with E-state index in [2.05, 4.69) is 15.5 Å². The highest BCUT2D eigenvalue weighted by atomic mass is 16.2. The molecule has 26 heavy (non-hydrogen) atoms. The minimum Gasteiger partial charge on any atom is -0.371 e. The molecule has 1 saturated heterocycles. The first-order valence-corrected chi connectivity index (χ1v) is 9.27. The van der Waals surface area contributed by atoms with E-state index in [4.69, 9.17) is 0 Å². The maximum atomic E-state index is 12.7. The number of anilines is 2. The summed E-state index contributed by atoms with van der Waals surface area (Å²) >= 11 is 0. The number of hydrogen-bond acceptors (Lipinski definition) is 3. The number of nitrogens with zero attached hydrogens (tertiary/aromatic N) is 1. The molecule has 2 aromatic carbocycles. The lowest BCUT2D eigenvalue weighted by atomic mass is 10.1. The van der Waals surface area contributed by atoms with Crippen molar-refractivity contribution in [3.05, 3.63) is 59.7 Å². The molecule has 2 aromatic rings. The minimum absolute atomic E-state index is 0.0507. The van der Waals surface area contributed by atoms with Crippen LogP contribution >= 0.6 is 0 Å². The molecule has 0 spiro atoms. The van der Waals surface area contributed by atoms with Gasteiger partial charge in [0, 0.05) is 36.1 Å². The van der Waals surface area contributed by atoms with Gasteiger partial charge in [0.25, 0.3) is 11.8 Å². The maximum absolute atomic E-state index is 12.7. The van der Waals surface area contributed by atoms with Crippen LogP contribution < -0.4 is 15.5 Å². The van der Waals surface area contributed by atoms with E-state index >= 15 is 0 Å². The molecule has 0 unspecified atom stereocenters. The number of carbonyl (C=O) groups is 2. The van der Waals surface area contributed by atoms with E-state index in [1.165, 1.54) is 0 Å². The molecule has 5 heteroatoms. The Morgan fingerprint density at radius 1 is 0.923 bits per heavy atom. The molecule has 0 radical (unpaired) electrons. The molecule has 1 heterocycles. The van der Waals surface area contributed by atoms with Crippen molar-refractivity contribution < 1.29 is 9.59 Å². The molecular formula is C21H23N3O2. The van der Waals surface area contributed by atoms with Crippen LogP contribution in [0.3, 0.4) is 0 Å². The summed E-state index contributed by atoms with van der Waals surface area (Å²) in [4.78, 5) is 27.4. The second-order valence-electron chi connectivity index (χ2n) is 6.99. The van der Waals surface area contributed by atoms with Gasteiger partial charge in [0.2, 0.25) is 0 Å². The fourth-order valence-corrected chi connectivity index (χ4v) is 3.31. The smallest absolute Gasteiger partial charge is 0.255 e. The molecule has 0 atom stereocenters. The summed E-state index contributed by atoms with van der Waals surface area (Å²) in [5, 5.41) is 5.97. The van der Waals surface area contributed by atoms with Gasteiger partial charge in [0.15, 0.2) is 0 Å². The van der Waals surface area contributed by atoms with Crippen LogP contribution in [0, 0.1) is 0 Å². The van der Waals surface area contributed by atoms with E-state index in [1.807, 2.05) is 30.3 Å². The van der Waals surface area contributed by atoms with E-state index in [1.54, 1.807) is 18.2 Å². The van der Waals surface area contributed by atoms with Crippen LogP contribution in [0.2, 0.25) is 0 Å². The van der Waals surface area contributed by atoms with Crippen molar-refractivity contribution >= 4 is 23.2 Å². The normalized spacial score (nSPS) is 16.4. The lowest BCUT2D eigenvalue weighted by molar-refractivity contribution is 0.0950. The second kappa shape index (κ2) is 7.20. The third-order valence-electron chi connectivity index (χ3n) is 4.89. The van der Waals surface area contributed by atoms with Crippen LogP contribution in [-0.4, -0.2) is 30.9 Å². The molecule has 0 aromatic heterocycles. The predicted molar refractivity (Wildman–Crippen MR) is 103 cm³/mol. The van der Waals surface area contributed by atoms with E-state index < -0.39 is 0 Å². The quantitative estimate of drug-likeness (QED) is 0.869. The number of benzene rings is 2. The van der Waals surface area contributed by atoms with E-state index in [0.29, 0.717) is 22.9 Å². The van der Waals surface area contributed by atoms with Gasteiger partial charge in [-0.3, -0.25) is 9.59 Å². The van der Waals surface area contributed by atoms with Crippen molar-refractivity contribution in [3.8, 4) is 0 Å². The van der Waals surface area contributed by atoms with Gasteiger partial charge in [-0.15, -0.1) is 0 Å². The van der Waals surface area contributed by atoms with Gasteiger partial charge in [-0.2, -0.15) is 0 Å². The summed E-state index contributed by atoms with van der Waals surface area (Å²) in [5.41, 5.74) is 2.84. The second-order valence-corrected chi connectivity index (χ2v) is 6.99. The predicted octanol–water partition coefficient (Wildman–Crippen LogP) is 3.43. The van der Waals surface area contributed by atoms with E-state index in [0.717, 1.165) is 44.5 Å². The van der Waals surface area contributed by atoms with Crippen LogP contribution in [0.5, 0.6) is 0 Å². The van der Waals surface area contributed by atoms with Gasteiger partial charge in [0.1, 0.15) is 0 Å². The molecule has 1 aliphatic carbocycles. The van der Waals surface area contributed by atoms with Crippen molar-refractivity contribution in [1.82, 2.24) is 5.32 Å². The summed E-state index contributed by atoms with van der Waals surface area (Å²) in [6, 6.07) is 15.0. The first-order chi connectivity index (χ1) is 12.7. The van der Waals surface area contributed by atoms with Crippen molar-refractivity contribution in [2.24, 2.45) is 0 Å². The third-order valence-corrected chi connectivity index (χ3v) is 4.89. The van der Waals surface area contributed by atoms with Gasteiger partial charge in [-0.1, -0.05) is 18.2 Å². The third kappa shape index (κ3) is 3.72. The lowest BCUT2D eigenvalue weighted by Crippen LogP contribution is -2.29. The lowest BCUT2D eigenvalue weighted by Gasteiger charge is -2.22. The zero-order valence-corrected chi connectivity index (χ0v) is 14.7. The summed E-state index contributed by atoms with van der Waals surface area (Å²) in [6.07, 6.45) is 4.40. The van der Waals surface area contributed by atoms with Gasteiger partial charge in [-0.25, -0.2) is 0 Å². The van der Waals surface area contributed by atoms with Crippen LogP contribution in [0.1, 0.15) is 46.4 Å². The molecule has 2 aliphatic rings. The average Bonchev–Trinajstić information content (AvgIpc) is 3.31. The fraction of sp³-hybridized carbons (Fsp3) is 0.333. The monoisotopic (exact) mass is 349 g/mol. The van der Waals surface area contributed by atoms with Crippen molar-refractivity contribution in [3.63, 3.8) is 0 Å². The number of carbonyl (C=O) groups excluding carboxylic acids is 2. The molecule has 2 amide bonds. The average molecular weight is 349 g/mol. The highest BCUT2D eigenvalue weighted by Crippen LogP contribution is 2.29. The number of nitrogens with one attached hydrogen (secondary N) is 2. The Bertz CT molecular complexity index is 809. The standard InChI is InChI=1S/C21H23N3O2/c25-20(15-6-2-1-3-7-15)23-17-10-11-19(24-12-4-5-13-24)18(14-17)21(26)22-16-8-9-16/h1-3,6-7,10-11,14,16H,4-5,8-9,12-13H2,(H,22,26)(H,23,25). The molecule has 1 saturated carbocycles.